The minimum atomic E-state index is -0.360. The van der Waals surface area contributed by atoms with Gasteiger partial charge < -0.3 is 14.2 Å². The van der Waals surface area contributed by atoms with E-state index in [1.165, 1.54) is 44.2 Å². The highest BCUT2D eigenvalue weighted by atomic mass is 16.7. The van der Waals surface area contributed by atoms with Gasteiger partial charge in [-0.25, -0.2) is 0 Å². The van der Waals surface area contributed by atoms with Gasteiger partial charge in [0.15, 0.2) is 0 Å². The van der Waals surface area contributed by atoms with Gasteiger partial charge in [0, 0.05) is 18.8 Å². The van der Waals surface area contributed by atoms with Gasteiger partial charge in [0.1, 0.15) is 0 Å². The van der Waals surface area contributed by atoms with Crippen molar-refractivity contribution in [1.29, 1.82) is 0 Å². The second-order valence-electron chi connectivity index (χ2n) is 10.3. The zero-order valence-corrected chi connectivity index (χ0v) is 22.0. The van der Waals surface area contributed by atoms with Crippen LogP contribution in [-0.4, -0.2) is 31.4 Å². The summed E-state index contributed by atoms with van der Waals surface area (Å²) < 4.78 is 12.3. The van der Waals surface area contributed by atoms with Gasteiger partial charge in [0.2, 0.25) is 0 Å². The lowest BCUT2D eigenvalue weighted by Gasteiger charge is -2.32. The number of rotatable bonds is 12. The summed E-state index contributed by atoms with van der Waals surface area (Å²) in [6.45, 7) is 15.0. The molecule has 0 bridgehead atoms. The van der Waals surface area contributed by atoms with Crippen molar-refractivity contribution in [2.75, 3.05) is 18.0 Å². The van der Waals surface area contributed by atoms with Crippen LogP contribution in [-0.2, 0) is 9.31 Å². The molecular formula is C28H42BN3O2. The summed E-state index contributed by atoms with van der Waals surface area (Å²) in [5.41, 5.74) is 3.25. The number of anilines is 1. The highest BCUT2D eigenvalue weighted by molar-refractivity contribution is 6.62. The first-order valence-corrected chi connectivity index (χ1v) is 13.0. The van der Waals surface area contributed by atoms with E-state index in [9.17, 15) is 0 Å². The molecule has 1 saturated heterocycles. The minimum absolute atomic E-state index is 0.343. The van der Waals surface area contributed by atoms with Crippen LogP contribution in [0.2, 0.25) is 0 Å². The number of azo groups is 1. The van der Waals surface area contributed by atoms with Crippen molar-refractivity contribution in [3.05, 3.63) is 48.5 Å². The van der Waals surface area contributed by atoms with Crippen LogP contribution in [0, 0.1) is 0 Å². The summed E-state index contributed by atoms with van der Waals surface area (Å²) in [6.07, 6.45) is 7.58. The van der Waals surface area contributed by atoms with Gasteiger partial charge in [-0.1, -0.05) is 51.7 Å². The van der Waals surface area contributed by atoms with E-state index in [2.05, 4.69) is 80.9 Å². The van der Waals surface area contributed by atoms with Gasteiger partial charge in [-0.05, 0) is 82.4 Å². The van der Waals surface area contributed by atoms with E-state index in [0.29, 0.717) is 0 Å². The number of hydrogen-bond acceptors (Lipinski definition) is 5. The predicted octanol–water partition coefficient (Wildman–Crippen LogP) is 7.59. The van der Waals surface area contributed by atoms with Gasteiger partial charge >= 0.3 is 7.12 Å². The van der Waals surface area contributed by atoms with Crippen molar-refractivity contribution >= 4 is 29.6 Å². The Bertz CT molecular complexity index is 894. The average molecular weight is 463 g/mol. The zero-order valence-electron chi connectivity index (χ0n) is 22.0. The Morgan fingerprint density at radius 1 is 0.676 bits per heavy atom. The average Bonchev–Trinajstić information content (AvgIpc) is 3.05. The zero-order chi connectivity index (χ0) is 24.6. The Labute approximate surface area is 207 Å². The number of hydrogen-bond donors (Lipinski definition) is 0. The Morgan fingerprint density at radius 2 is 1.18 bits per heavy atom. The first kappa shape index (κ1) is 26.4. The van der Waals surface area contributed by atoms with Crippen LogP contribution in [0.5, 0.6) is 0 Å². The summed E-state index contributed by atoms with van der Waals surface area (Å²) in [4.78, 5) is 2.51. The van der Waals surface area contributed by atoms with E-state index in [0.717, 1.165) is 29.9 Å². The third-order valence-corrected chi connectivity index (χ3v) is 6.98. The highest BCUT2D eigenvalue weighted by Gasteiger charge is 2.51. The number of benzene rings is 2. The lowest BCUT2D eigenvalue weighted by Crippen LogP contribution is -2.41. The molecule has 2 aromatic rings. The minimum Gasteiger partial charge on any atom is -0.399 e. The first-order valence-electron chi connectivity index (χ1n) is 13.0. The Hall–Kier alpha value is -2.18. The molecule has 6 heteroatoms. The highest BCUT2D eigenvalue weighted by Crippen LogP contribution is 2.36. The molecule has 0 spiro atoms. The van der Waals surface area contributed by atoms with Gasteiger partial charge in [0.05, 0.1) is 22.6 Å². The van der Waals surface area contributed by atoms with Gasteiger partial charge in [-0.3, -0.25) is 0 Å². The maximum atomic E-state index is 6.13. The fourth-order valence-electron chi connectivity index (χ4n) is 3.97. The van der Waals surface area contributed by atoms with E-state index < -0.39 is 0 Å². The van der Waals surface area contributed by atoms with Crippen LogP contribution in [0.4, 0.5) is 17.1 Å². The van der Waals surface area contributed by atoms with Crippen LogP contribution < -0.4 is 10.4 Å². The van der Waals surface area contributed by atoms with Crippen LogP contribution in [0.3, 0.4) is 0 Å². The normalized spacial score (nSPS) is 16.9. The lowest BCUT2D eigenvalue weighted by molar-refractivity contribution is 0.00578. The Balaban J connectivity index is 1.60. The van der Waals surface area contributed by atoms with Crippen molar-refractivity contribution in [3.63, 3.8) is 0 Å². The van der Waals surface area contributed by atoms with Crippen molar-refractivity contribution in [1.82, 2.24) is 0 Å². The lowest BCUT2D eigenvalue weighted by atomic mass is 9.79. The van der Waals surface area contributed by atoms with Gasteiger partial charge in [-0.2, -0.15) is 10.2 Å². The van der Waals surface area contributed by atoms with Gasteiger partial charge in [-0.15, -0.1) is 0 Å². The second kappa shape index (κ2) is 12.0. The molecule has 0 amide bonds. The molecule has 5 nitrogen and oxygen atoms in total. The summed E-state index contributed by atoms with van der Waals surface area (Å²) in [6, 6.07) is 16.4. The molecule has 0 unspecified atom stereocenters. The SMILES string of the molecule is CCCCCCN(CCCC)c1ccc(N=Nc2ccc(B3OC(C)(C)C(C)(C)O3)cc2)cc1. The summed E-state index contributed by atoms with van der Waals surface area (Å²) in [7, 11) is -0.360. The molecule has 0 radical (unpaired) electrons. The number of nitrogens with zero attached hydrogens (tertiary/aromatic N) is 3. The van der Waals surface area contributed by atoms with E-state index in [-0.39, 0.29) is 18.3 Å². The largest absolute Gasteiger partial charge is 0.494 e. The molecule has 34 heavy (non-hydrogen) atoms. The number of unbranched alkanes of at least 4 members (excludes halogenated alkanes) is 4. The summed E-state index contributed by atoms with van der Waals surface area (Å²) in [5, 5.41) is 8.87. The molecular weight excluding hydrogens is 421 g/mol. The Kier molecular flexibility index (Phi) is 9.32. The second-order valence-corrected chi connectivity index (χ2v) is 10.3. The molecule has 0 N–H and O–H groups in total. The van der Waals surface area contributed by atoms with Crippen molar-refractivity contribution in [3.8, 4) is 0 Å². The van der Waals surface area contributed by atoms with Crippen LogP contribution in [0.1, 0.15) is 80.1 Å². The van der Waals surface area contributed by atoms with Gasteiger partial charge in [0.25, 0.3) is 0 Å². The smallest absolute Gasteiger partial charge is 0.399 e. The first-order chi connectivity index (χ1) is 16.3. The fourth-order valence-corrected chi connectivity index (χ4v) is 3.97. The van der Waals surface area contributed by atoms with Crippen molar-refractivity contribution in [2.24, 2.45) is 10.2 Å². The molecule has 0 aliphatic carbocycles. The van der Waals surface area contributed by atoms with Crippen molar-refractivity contribution in [2.45, 2.75) is 91.3 Å². The third-order valence-electron chi connectivity index (χ3n) is 6.98. The molecule has 1 heterocycles. The van der Waals surface area contributed by atoms with Crippen LogP contribution in [0.25, 0.3) is 0 Å². The molecule has 184 valence electrons. The molecule has 0 aromatic heterocycles. The monoisotopic (exact) mass is 463 g/mol. The predicted molar refractivity (Wildman–Crippen MR) is 144 cm³/mol. The molecule has 3 rings (SSSR count). The molecule has 1 aliphatic heterocycles. The summed E-state index contributed by atoms with van der Waals surface area (Å²) >= 11 is 0. The Morgan fingerprint density at radius 3 is 1.71 bits per heavy atom. The molecule has 1 aliphatic rings. The maximum absolute atomic E-state index is 6.13. The topological polar surface area (TPSA) is 46.4 Å². The van der Waals surface area contributed by atoms with Crippen LogP contribution >= 0.6 is 0 Å². The third kappa shape index (κ3) is 6.92. The molecule has 0 atom stereocenters. The molecule has 1 fully saturated rings. The maximum Gasteiger partial charge on any atom is 0.494 e. The van der Waals surface area contributed by atoms with Crippen molar-refractivity contribution < 1.29 is 9.31 Å². The van der Waals surface area contributed by atoms with E-state index >= 15 is 0 Å². The quantitative estimate of drug-likeness (QED) is 0.185. The van der Waals surface area contributed by atoms with Crippen LogP contribution in [0.15, 0.2) is 58.8 Å². The van der Waals surface area contributed by atoms with E-state index in [4.69, 9.17) is 9.31 Å². The van der Waals surface area contributed by atoms with E-state index in [1.807, 2.05) is 24.3 Å². The molecule has 2 aromatic carbocycles. The standard InChI is InChI=1S/C28H42BN3O2/c1-7-9-11-12-22-32(21-10-8-2)26-19-17-25(18-20-26)31-30-24-15-13-23(14-16-24)29-33-27(3,4)28(5,6)34-29/h13-20H,7-12,21-22H2,1-6H3. The van der Waals surface area contributed by atoms with E-state index in [1.54, 1.807) is 0 Å². The molecule has 0 saturated carbocycles. The fraction of sp³-hybridized carbons (Fsp3) is 0.571. The summed E-state index contributed by atoms with van der Waals surface area (Å²) in [5.74, 6) is 0.